The minimum atomic E-state index is -1.37. The van der Waals surface area contributed by atoms with Crippen molar-refractivity contribution in [3.8, 4) is 0 Å². The molecule has 1 rings (SSSR count). The first kappa shape index (κ1) is 11.3. The molecule has 0 atom stereocenters. The van der Waals surface area contributed by atoms with Crippen LogP contribution in [-0.4, -0.2) is 17.2 Å². The van der Waals surface area contributed by atoms with Crippen molar-refractivity contribution in [3.63, 3.8) is 0 Å². The molecule has 0 fully saturated rings. The van der Waals surface area contributed by atoms with Crippen LogP contribution in [0.4, 0.5) is 0 Å². The first-order chi connectivity index (χ1) is 6.40. The van der Waals surface area contributed by atoms with Gasteiger partial charge in [0.2, 0.25) is 0 Å². The van der Waals surface area contributed by atoms with Crippen LogP contribution in [-0.2, 0) is 6.42 Å². The molecular weight excluding hydrogens is 175 g/mol. The van der Waals surface area contributed by atoms with Crippen molar-refractivity contribution in [1.82, 2.24) is 0 Å². The standard InChI is InChI=1S/C11H17BO2/c1-11(2,3)8-9-6-4-5-7-10(9)12(13)14/h4-7,13-14H,8H2,1-3H3. The Balaban J connectivity index is 2.96. The van der Waals surface area contributed by atoms with E-state index in [0.717, 1.165) is 12.0 Å². The van der Waals surface area contributed by atoms with Gasteiger partial charge in [0.15, 0.2) is 0 Å². The molecule has 0 saturated carbocycles. The summed E-state index contributed by atoms with van der Waals surface area (Å²) >= 11 is 0. The van der Waals surface area contributed by atoms with Crippen molar-refractivity contribution in [2.24, 2.45) is 5.41 Å². The maximum absolute atomic E-state index is 9.16. The summed E-state index contributed by atoms with van der Waals surface area (Å²) in [4.78, 5) is 0. The molecule has 3 heteroatoms. The van der Waals surface area contributed by atoms with E-state index in [1.54, 1.807) is 6.07 Å². The lowest BCUT2D eigenvalue weighted by atomic mass is 9.73. The summed E-state index contributed by atoms with van der Waals surface area (Å²) in [5, 5.41) is 18.3. The molecule has 0 aliphatic heterocycles. The number of hydrogen-bond acceptors (Lipinski definition) is 2. The summed E-state index contributed by atoms with van der Waals surface area (Å²) < 4.78 is 0. The van der Waals surface area contributed by atoms with E-state index >= 15 is 0 Å². The van der Waals surface area contributed by atoms with Gasteiger partial charge in [-0.25, -0.2) is 0 Å². The van der Waals surface area contributed by atoms with Gasteiger partial charge in [-0.3, -0.25) is 0 Å². The van der Waals surface area contributed by atoms with Gasteiger partial charge in [-0.2, -0.15) is 0 Å². The minimum Gasteiger partial charge on any atom is -0.423 e. The monoisotopic (exact) mass is 192 g/mol. The first-order valence-electron chi connectivity index (χ1n) is 4.84. The molecule has 0 unspecified atom stereocenters. The van der Waals surface area contributed by atoms with Crippen molar-refractivity contribution in [1.29, 1.82) is 0 Å². The van der Waals surface area contributed by atoms with E-state index < -0.39 is 7.12 Å². The summed E-state index contributed by atoms with van der Waals surface area (Å²) in [5.41, 5.74) is 1.78. The van der Waals surface area contributed by atoms with Crippen molar-refractivity contribution in [2.45, 2.75) is 27.2 Å². The Morgan fingerprint density at radius 2 is 1.71 bits per heavy atom. The topological polar surface area (TPSA) is 40.5 Å². The van der Waals surface area contributed by atoms with E-state index in [-0.39, 0.29) is 5.41 Å². The van der Waals surface area contributed by atoms with Gasteiger partial charge in [0.05, 0.1) is 0 Å². The summed E-state index contributed by atoms with van der Waals surface area (Å²) in [5.74, 6) is 0. The minimum absolute atomic E-state index is 0.158. The molecule has 0 radical (unpaired) electrons. The SMILES string of the molecule is CC(C)(C)Cc1ccccc1B(O)O. The molecule has 0 spiro atoms. The number of hydrogen-bond donors (Lipinski definition) is 2. The maximum atomic E-state index is 9.16. The predicted octanol–water partition coefficient (Wildman–Crippen LogP) is 0.955. The zero-order chi connectivity index (χ0) is 10.8. The Bertz CT molecular complexity index is 302. The van der Waals surface area contributed by atoms with Crippen molar-refractivity contribution < 1.29 is 10.0 Å². The van der Waals surface area contributed by atoms with Gasteiger partial charge >= 0.3 is 7.12 Å². The highest BCUT2D eigenvalue weighted by atomic mass is 16.4. The van der Waals surface area contributed by atoms with E-state index in [0.29, 0.717) is 5.46 Å². The van der Waals surface area contributed by atoms with Gasteiger partial charge < -0.3 is 10.0 Å². The quantitative estimate of drug-likeness (QED) is 0.685. The molecule has 0 bridgehead atoms. The zero-order valence-electron chi connectivity index (χ0n) is 8.99. The number of rotatable bonds is 2. The molecule has 1 aromatic rings. The van der Waals surface area contributed by atoms with Crippen molar-refractivity contribution in [3.05, 3.63) is 29.8 Å². The highest BCUT2D eigenvalue weighted by Gasteiger charge is 2.19. The molecule has 0 heterocycles. The summed E-state index contributed by atoms with van der Waals surface area (Å²) in [6.07, 6.45) is 0.848. The molecule has 76 valence electrons. The van der Waals surface area contributed by atoms with E-state index in [2.05, 4.69) is 20.8 Å². The molecule has 0 amide bonds. The maximum Gasteiger partial charge on any atom is 0.488 e. The van der Waals surface area contributed by atoms with Gasteiger partial charge in [-0.15, -0.1) is 0 Å². The first-order valence-corrected chi connectivity index (χ1v) is 4.84. The van der Waals surface area contributed by atoms with Gasteiger partial charge in [0, 0.05) is 0 Å². The smallest absolute Gasteiger partial charge is 0.423 e. The fraction of sp³-hybridized carbons (Fsp3) is 0.455. The van der Waals surface area contributed by atoms with E-state index in [1.165, 1.54) is 0 Å². The molecule has 0 aliphatic rings. The Morgan fingerprint density at radius 3 is 2.21 bits per heavy atom. The fourth-order valence-electron chi connectivity index (χ4n) is 1.52. The average molecular weight is 192 g/mol. The van der Waals surface area contributed by atoms with Crippen molar-refractivity contribution >= 4 is 12.6 Å². The Hall–Kier alpha value is -0.795. The third-order valence-electron chi connectivity index (χ3n) is 2.05. The molecule has 1 aromatic carbocycles. The normalized spacial score (nSPS) is 11.5. The van der Waals surface area contributed by atoms with Gasteiger partial charge in [0.1, 0.15) is 0 Å². The fourth-order valence-corrected chi connectivity index (χ4v) is 1.52. The molecular formula is C11H17BO2. The molecule has 14 heavy (non-hydrogen) atoms. The van der Waals surface area contributed by atoms with Crippen LogP contribution in [0.2, 0.25) is 0 Å². The molecule has 2 N–H and O–H groups in total. The largest absolute Gasteiger partial charge is 0.488 e. The van der Waals surface area contributed by atoms with Crippen LogP contribution in [0.5, 0.6) is 0 Å². The van der Waals surface area contributed by atoms with Crippen LogP contribution in [0.15, 0.2) is 24.3 Å². The van der Waals surface area contributed by atoms with Gasteiger partial charge in [-0.1, -0.05) is 45.0 Å². The number of benzene rings is 1. The lowest BCUT2D eigenvalue weighted by molar-refractivity contribution is 0.407. The molecule has 0 aromatic heterocycles. The lowest BCUT2D eigenvalue weighted by Crippen LogP contribution is -2.34. The summed E-state index contributed by atoms with van der Waals surface area (Å²) in [6, 6.07) is 7.44. The van der Waals surface area contributed by atoms with E-state index in [9.17, 15) is 0 Å². The second kappa shape index (κ2) is 4.15. The van der Waals surface area contributed by atoms with Gasteiger partial charge in [-0.05, 0) is 22.9 Å². The Morgan fingerprint density at radius 1 is 1.14 bits per heavy atom. The van der Waals surface area contributed by atoms with Crippen LogP contribution in [0, 0.1) is 5.41 Å². The third-order valence-corrected chi connectivity index (χ3v) is 2.05. The highest BCUT2D eigenvalue weighted by molar-refractivity contribution is 6.59. The third kappa shape index (κ3) is 3.16. The van der Waals surface area contributed by atoms with Crippen LogP contribution < -0.4 is 5.46 Å². The van der Waals surface area contributed by atoms with Gasteiger partial charge in [0.25, 0.3) is 0 Å². The Labute approximate surface area is 85.7 Å². The van der Waals surface area contributed by atoms with E-state index in [1.807, 2.05) is 18.2 Å². The second-order valence-electron chi connectivity index (χ2n) is 4.81. The molecule has 0 aliphatic carbocycles. The lowest BCUT2D eigenvalue weighted by Gasteiger charge is -2.20. The predicted molar refractivity (Wildman–Crippen MR) is 59.4 cm³/mol. The van der Waals surface area contributed by atoms with Crippen LogP contribution >= 0.6 is 0 Å². The average Bonchev–Trinajstić information content (AvgIpc) is 2.01. The molecule has 0 saturated heterocycles. The zero-order valence-corrected chi connectivity index (χ0v) is 8.99. The van der Waals surface area contributed by atoms with Crippen molar-refractivity contribution in [2.75, 3.05) is 0 Å². The second-order valence-corrected chi connectivity index (χ2v) is 4.81. The highest BCUT2D eigenvalue weighted by Crippen LogP contribution is 2.19. The van der Waals surface area contributed by atoms with Crippen LogP contribution in [0.25, 0.3) is 0 Å². The Kier molecular flexibility index (Phi) is 3.35. The molecule has 2 nitrogen and oxygen atoms in total. The summed E-state index contributed by atoms with van der Waals surface area (Å²) in [7, 11) is -1.37. The van der Waals surface area contributed by atoms with Crippen LogP contribution in [0.3, 0.4) is 0 Å². The van der Waals surface area contributed by atoms with Crippen LogP contribution in [0.1, 0.15) is 26.3 Å². The summed E-state index contributed by atoms with van der Waals surface area (Å²) in [6.45, 7) is 6.40. The van der Waals surface area contributed by atoms with E-state index in [4.69, 9.17) is 10.0 Å².